The van der Waals surface area contributed by atoms with Crippen LogP contribution in [0.5, 0.6) is 0 Å². The van der Waals surface area contributed by atoms with Gasteiger partial charge >= 0.3 is 6.09 Å². The van der Waals surface area contributed by atoms with Crippen LogP contribution in [0.15, 0.2) is 12.1 Å². The Morgan fingerprint density at radius 2 is 1.83 bits per heavy atom. The Morgan fingerprint density at radius 3 is 2.47 bits per heavy atom. The fourth-order valence-electron chi connectivity index (χ4n) is 7.70. The van der Waals surface area contributed by atoms with Crippen LogP contribution < -0.4 is 4.90 Å². The standard InChI is InChI=1S/C31H40N2O3/c1-7-21-19-22-9-10-24-23(11-13-30(6)26(24)12-14-31(30,35)8-2)25(22)20-27(21)32-15-17-33(18-16-32)28(34)36-29(3,4)5/h1-2,19-20,23-24,26,35H,9-18H2,3-6H3. The fraction of sp³-hybridized carbons (Fsp3) is 0.645. The molecule has 5 nitrogen and oxygen atoms in total. The molecule has 0 aromatic heterocycles. The zero-order valence-electron chi connectivity index (χ0n) is 22.3. The Bertz CT molecular complexity index is 1130. The van der Waals surface area contributed by atoms with Crippen molar-refractivity contribution in [2.75, 3.05) is 31.1 Å². The van der Waals surface area contributed by atoms with E-state index in [-0.39, 0.29) is 11.5 Å². The molecule has 5 atom stereocenters. The topological polar surface area (TPSA) is 53.0 Å². The second kappa shape index (κ2) is 8.74. The molecule has 1 heterocycles. The molecule has 1 N–H and O–H groups in total. The lowest BCUT2D eigenvalue weighted by Gasteiger charge is -2.52. The van der Waals surface area contributed by atoms with Crippen LogP contribution in [-0.2, 0) is 11.2 Å². The van der Waals surface area contributed by atoms with Crippen LogP contribution in [0.2, 0.25) is 0 Å². The van der Waals surface area contributed by atoms with Crippen LogP contribution in [-0.4, -0.2) is 53.5 Å². The van der Waals surface area contributed by atoms with E-state index in [9.17, 15) is 9.90 Å². The lowest BCUT2D eigenvalue weighted by molar-refractivity contribution is -0.0646. The molecule has 1 amide bonds. The number of terminal acetylenes is 2. The van der Waals surface area contributed by atoms with Crippen molar-refractivity contribution in [1.29, 1.82) is 0 Å². The summed E-state index contributed by atoms with van der Waals surface area (Å²) >= 11 is 0. The molecule has 0 radical (unpaired) electrons. The zero-order chi connectivity index (χ0) is 25.9. The number of nitrogens with zero attached hydrogens (tertiary/aromatic N) is 2. The van der Waals surface area contributed by atoms with Crippen molar-refractivity contribution in [2.45, 2.75) is 83.3 Å². The zero-order valence-corrected chi connectivity index (χ0v) is 22.3. The van der Waals surface area contributed by atoms with Gasteiger partial charge in [-0.15, -0.1) is 12.8 Å². The van der Waals surface area contributed by atoms with Gasteiger partial charge in [-0.3, -0.25) is 0 Å². The molecule has 5 heteroatoms. The highest BCUT2D eigenvalue weighted by atomic mass is 16.6. The van der Waals surface area contributed by atoms with Gasteiger partial charge in [-0.05, 0) is 100 Å². The van der Waals surface area contributed by atoms with E-state index in [1.165, 1.54) is 11.1 Å². The Hall–Kier alpha value is -2.63. The van der Waals surface area contributed by atoms with Crippen LogP contribution in [0.3, 0.4) is 0 Å². The van der Waals surface area contributed by atoms with E-state index in [2.05, 4.69) is 35.8 Å². The molecule has 4 aliphatic rings. The van der Waals surface area contributed by atoms with E-state index in [4.69, 9.17) is 17.6 Å². The summed E-state index contributed by atoms with van der Waals surface area (Å²) in [6.45, 7) is 10.6. The first-order valence-electron chi connectivity index (χ1n) is 13.6. The third-order valence-electron chi connectivity index (χ3n) is 9.66. The summed E-state index contributed by atoms with van der Waals surface area (Å²) in [5.41, 5.74) is 3.21. The van der Waals surface area contributed by atoms with E-state index in [1.807, 2.05) is 20.8 Å². The summed E-state index contributed by atoms with van der Waals surface area (Å²) in [4.78, 5) is 16.7. The molecule has 192 valence electrons. The number of benzene rings is 1. The molecule has 5 rings (SSSR count). The van der Waals surface area contributed by atoms with Crippen LogP contribution >= 0.6 is 0 Å². The van der Waals surface area contributed by atoms with E-state index >= 15 is 0 Å². The average Bonchev–Trinajstić information content (AvgIpc) is 3.13. The SMILES string of the molecule is C#Cc1cc2c(cc1N1CCN(C(=O)OC(C)(C)C)CC1)C1CCC3(C)C(CCC3(O)C#C)C1CC2. The molecule has 1 saturated heterocycles. The van der Waals surface area contributed by atoms with E-state index < -0.39 is 11.2 Å². The van der Waals surface area contributed by atoms with Gasteiger partial charge in [0.05, 0.1) is 5.69 Å². The summed E-state index contributed by atoms with van der Waals surface area (Å²) in [6.07, 6.45) is 17.5. The quantitative estimate of drug-likeness (QED) is 0.569. The number of aliphatic hydroxyl groups is 1. The first-order valence-corrected chi connectivity index (χ1v) is 13.6. The maximum absolute atomic E-state index is 12.5. The van der Waals surface area contributed by atoms with Gasteiger partial charge in [-0.25, -0.2) is 4.79 Å². The Balaban J connectivity index is 1.38. The summed E-state index contributed by atoms with van der Waals surface area (Å²) < 4.78 is 5.57. The average molecular weight is 489 g/mol. The molecule has 1 aliphatic heterocycles. The highest BCUT2D eigenvalue weighted by Crippen LogP contribution is 2.64. The number of ether oxygens (including phenoxy) is 1. The highest BCUT2D eigenvalue weighted by Gasteiger charge is 2.61. The number of fused-ring (bicyclic) bond motifs is 5. The molecular weight excluding hydrogens is 448 g/mol. The van der Waals surface area contributed by atoms with Crippen LogP contribution in [0.25, 0.3) is 0 Å². The monoisotopic (exact) mass is 488 g/mol. The van der Waals surface area contributed by atoms with Crippen molar-refractivity contribution in [3.63, 3.8) is 0 Å². The predicted octanol–water partition coefficient (Wildman–Crippen LogP) is 4.95. The molecule has 1 aromatic carbocycles. The Morgan fingerprint density at radius 1 is 1.11 bits per heavy atom. The Labute approximate surface area is 216 Å². The van der Waals surface area contributed by atoms with Gasteiger partial charge in [0, 0.05) is 37.2 Å². The first-order chi connectivity index (χ1) is 17.0. The number of hydrogen-bond donors (Lipinski definition) is 1. The predicted molar refractivity (Wildman–Crippen MR) is 143 cm³/mol. The molecule has 1 aromatic rings. The van der Waals surface area contributed by atoms with Crippen molar-refractivity contribution >= 4 is 11.8 Å². The summed E-state index contributed by atoms with van der Waals surface area (Å²) in [6, 6.07) is 4.59. The first kappa shape index (κ1) is 25.0. The number of rotatable bonds is 1. The number of aryl methyl sites for hydroxylation is 1. The second-order valence-electron chi connectivity index (χ2n) is 12.6. The van der Waals surface area contributed by atoms with E-state index in [1.54, 1.807) is 4.90 Å². The third kappa shape index (κ3) is 3.97. The van der Waals surface area contributed by atoms with Crippen molar-refractivity contribution in [2.24, 2.45) is 17.3 Å². The smallest absolute Gasteiger partial charge is 0.410 e. The van der Waals surface area contributed by atoms with E-state index in [0.717, 1.165) is 56.4 Å². The largest absolute Gasteiger partial charge is 0.444 e. The van der Waals surface area contributed by atoms with Gasteiger partial charge in [0.1, 0.15) is 11.2 Å². The molecule has 36 heavy (non-hydrogen) atoms. The van der Waals surface area contributed by atoms with Gasteiger partial charge in [0.2, 0.25) is 0 Å². The normalized spacial score (nSPS) is 33.6. The maximum atomic E-state index is 12.5. The van der Waals surface area contributed by atoms with Crippen LogP contribution in [0.4, 0.5) is 10.5 Å². The molecule has 3 aliphatic carbocycles. The van der Waals surface area contributed by atoms with Crippen LogP contribution in [0, 0.1) is 41.9 Å². The van der Waals surface area contributed by atoms with Gasteiger partial charge in [0.15, 0.2) is 0 Å². The number of hydrogen-bond acceptors (Lipinski definition) is 4. The van der Waals surface area contributed by atoms with Crippen molar-refractivity contribution in [3.8, 4) is 24.7 Å². The van der Waals surface area contributed by atoms with Gasteiger partial charge < -0.3 is 19.6 Å². The lowest BCUT2D eigenvalue weighted by Crippen LogP contribution is -2.50. The summed E-state index contributed by atoms with van der Waals surface area (Å²) in [7, 11) is 0. The van der Waals surface area contributed by atoms with Crippen molar-refractivity contribution in [1.82, 2.24) is 4.90 Å². The molecule has 0 bridgehead atoms. The molecular formula is C31H40N2O3. The minimum Gasteiger partial charge on any atom is -0.444 e. The number of carbonyl (C=O) groups is 1. The highest BCUT2D eigenvalue weighted by molar-refractivity contribution is 5.69. The minimum absolute atomic E-state index is 0.194. The van der Waals surface area contributed by atoms with E-state index in [0.29, 0.717) is 37.3 Å². The number of amides is 1. The molecule has 0 spiro atoms. The Kier molecular flexibility index (Phi) is 6.08. The maximum Gasteiger partial charge on any atom is 0.410 e. The number of piperazine rings is 1. The molecule has 3 fully saturated rings. The van der Waals surface area contributed by atoms with Gasteiger partial charge in [-0.1, -0.05) is 18.8 Å². The van der Waals surface area contributed by atoms with Crippen molar-refractivity contribution < 1.29 is 14.6 Å². The molecule has 2 saturated carbocycles. The van der Waals surface area contributed by atoms with Gasteiger partial charge in [-0.2, -0.15) is 0 Å². The van der Waals surface area contributed by atoms with Crippen LogP contribution in [0.1, 0.15) is 82.4 Å². The van der Waals surface area contributed by atoms with Gasteiger partial charge in [0.25, 0.3) is 0 Å². The number of anilines is 1. The lowest BCUT2D eigenvalue weighted by atomic mass is 9.53. The summed E-state index contributed by atoms with van der Waals surface area (Å²) in [5, 5.41) is 11.2. The summed E-state index contributed by atoms with van der Waals surface area (Å²) in [5.74, 6) is 7.21. The minimum atomic E-state index is -0.977. The van der Waals surface area contributed by atoms with Crippen molar-refractivity contribution in [3.05, 3.63) is 28.8 Å². The number of carbonyl (C=O) groups excluding carboxylic acids is 1. The fourth-order valence-corrected chi connectivity index (χ4v) is 7.70. The third-order valence-corrected chi connectivity index (χ3v) is 9.66. The second-order valence-corrected chi connectivity index (χ2v) is 12.6. The molecule has 5 unspecified atom stereocenters.